The van der Waals surface area contributed by atoms with Crippen molar-refractivity contribution < 1.29 is 0 Å². The second kappa shape index (κ2) is 5.02. The van der Waals surface area contributed by atoms with Crippen LogP contribution in [0.1, 0.15) is 24.6 Å². The number of hydrogen-bond acceptors (Lipinski definition) is 2. The van der Waals surface area contributed by atoms with Crippen molar-refractivity contribution in [3.8, 4) is 0 Å². The van der Waals surface area contributed by atoms with E-state index in [2.05, 4.69) is 30.5 Å². The van der Waals surface area contributed by atoms with Crippen LogP contribution in [0.5, 0.6) is 0 Å². The predicted octanol–water partition coefficient (Wildman–Crippen LogP) is 1.36. The topological polar surface area (TPSA) is 29.9 Å². The third-order valence-corrected chi connectivity index (χ3v) is 2.15. The minimum absolute atomic E-state index is 1.03. The van der Waals surface area contributed by atoms with E-state index in [4.69, 9.17) is 0 Å². The Hall–Kier alpha value is -0.830. The van der Waals surface area contributed by atoms with Gasteiger partial charge in [-0.05, 0) is 38.9 Å². The van der Waals surface area contributed by atoms with Crippen molar-refractivity contribution in [2.45, 2.75) is 33.2 Å². The third-order valence-electron chi connectivity index (χ3n) is 2.15. The predicted molar refractivity (Wildman–Crippen MR) is 54.9 cm³/mol. The molecule has 0 unspecified atom stereocenters. The van der Waals surface area contributed by atoms with E-state index in [9.17, 15) is 0 Å². The Bertz CT molecular complexity index is 253. The number of likely N-dealkylation sites (N-methyl/N-ethyl adjacent to an activating group) is 1. The van der Waals surface area contributed by atoms with Gasteiger partial charge in [0.25, 0.3) is 0 Å². The molecule has 1 aromatic heterocycles. The molecular weight excluding hydrogens is 162 g/mol. The molecule has 0 radical (unpaired) electrons. The van der Waals surface area contributed by atoms with Gasteiger partial charge >= 0.3 is 0 Å². The molecule has 3 nitrogen and oxygen atoms in total. The summed E-state index contributed by atoms with van der Waals surface area (Å²) in [6.07, 6.45) is 4.38. The second-order valence-corrected chi connectivity index (χ2v) is 3.36. The Balaban J connectivity index is 2.60. The van der Waals surface area contributed by atoms with Gasteiger partial charge in [0.1, 0.15) is 0 Å². The Morgan fingerprint density at radius 2 is 2.31 bits per heavy atom. The van der Waals surface area contributed by atoms with Crippen molar-refractivity contribution >= 4 is 0 Å². The summed E-state index contributed by atoms with van der Waals surface area (Å²) in [6, 6.07) is 0. The summed E-state index contributed by atoms with van der Waals surface area (Å²) < 4.78 is 2.04. The van der Waals surface area contributed by atoms with Crippen LogP contribution >= 0.6 is 0 Å². The molecule has 74 valence electrons. The molecule has 0 saturated carbocycles. The third kappa shape index (κ3) is 2.84. The average molecular weight is 181 g/mol. The first-order valence-corrected chi connectivity index (χ1v) is 4.95. The largest absolute Gasteiger partial charge is 0.319 e. The molecule has 0 saturated heterocycles. The summed E-state index contributed by atoms with van der Waals surface area (Å²) in [4.78, 5) is 0. The molecule has 0 amide bonds. The van der Waals surface area contributed by atoms with E-state index < -0.39 is 0 Å². The molecule has 0 aliphatic carbocycles. The van der Waals surface area contributed by atoms with Crippen molar-refractivity contribution in [3.63, 3.8) is 0 Å². The molecule has 1 aromatic rings. The molecule has 0 fully saturated rings. The lowest BCUT2D eigenvalue weighted by Gasteiger charge is -1.96. The van der Waals surface area contributed by atoms with E-state index >= 15 is 0 Å². The Morgan fingerprint density at radius 1 is 1.54 bits per heavy atom. The van der Waals surface area contributed by atoms with Gasteiger partial charge in [-0.1, -0.05) is 6.92 Å². The van der Waals surface area contributed by atoms with Crippen LogP contribution in [0, 0.1) is 6.92 Å². The minimum atomic E-state index is 1.03. The fourth-order valence-electron chi connectivity index (χ4n) is 1.41. The van der Waals surface area contributed by atoms with Crippen LogP contribution in [0.2, 0.25) is 0 Å². The van der Waals surface area contributed by atoms with Crippen molar-refractivity contribution in [1.82, 2.24) is 15.1 Å². The lowest BCUT2D eigenvalue weighted by molar-refractivity contribution is 0.598. The lowest BCUT2D eigenvalue weighted by atomic mass is 10.2. The van der Waals surface area contributed by atoms with Crippen LogP contribution < -0.4 is 5.32 Å². The zero-order valence-electron chi connectivity index (χ0n) is 8.80. The maximum atomic E-state index is 4.44. The van der Waals surface area contributed by atoms with Crippen molar-refractivity contribution in [1.29, 1.82) is 0 Å². The van der Waals surface area contributed by atoms with Gasteiger partial charge in [0, 0.05) is 12.7 Å². The van der Waals surface area contributed by atoms with Crippen LogP contribution in [-0.2, 0) is 13.0 Å². The molecular formula is C10H19N3. The second-order valence-electron chi connectivity index (χ2n) is 3.36. The fourth-order valence-corrected chi connectivity index (χ4v) is 1.41. The molecule has 1 N–H and O–H groups in total. The van der Waals surface area contributed by atoms with E-state index in [0.29, 0.717) is 0 Å². The van der Waals surface area contributed by atoms with Crippen LogP contribution in [0.4, 0.5) is 0 Å². The number of nitrogens with zero attached hydrogens (tertiary/aromatic N) is 2. The maximum absolute atomic E-state index is 4.44. The Kier molecular flexibility index (Phi) is 3.96. The first kappa shape index (κ1) is 10.3. The van der Waals surface area contributed by atoms with Gasteiger partial charge in [0.15, 0.2) is 0 Å². The van der Waals surface area contributed by atoms with Crippen molar-refractivity contribution in [2.24, 2.45) is 0 Å². The highest BCUT2D eigenvalue weighted by atomic mass is 15.3. The van der Waals surface area contributed by atoms with E-state index in [-0.39, 0.29) is 0 Å². The molecule has 3 heteroatoms. The highest BCUT2D eigenvalue weighted by Crippen LogP contribution is 2.06. The highest BCUT2D eigenvalue weighted by molar-refractivity contribution is 5.15. The summed E-state index contributed by atoms with van der Waals surface area (Å²) in [6.45, 7) is 6.31. The Morgan fingerprint density at radius 3 is 2.92 bits per heavy atom. The van der Waals surface area contributed by atoms with Gasteiger partial charge in [-0.25, -0.2) is 0 Å². The quantitative estimate of drug-likeness (QED) is 0.743. The summed E-state index contributed by atoms with van der Waals surface area (Å²) in [7, 11) is 1.98. The molecule has 0 atom stereocenters. The van der Waals surface area contributed by atoms with Gasteiger partial charge in [0.2, 0.25) is 0 Å². The van der Waals surface area contributed by atoms with E-state index in [1.807, 2.05) is 11.7 Å². The fraction of sp³-hybridized carbons (Fsp3) is 0.700. The number of nitrogens with one attached hydrogen (secondary N) is 1. The van der Waals surface area contributed by atoms with Crippen LogP contribution in [-0.4, -0.2) is 23.4 Å². The van der Waals surface area contributed by atoms with Crippen molar-refractivity contribution in [2.75, 3.05) is 13.6 Å². The zero-order valence-corrected chi connectivity index (χ0v) is 8.80. The zero-order chi connectivity index (χ0) is 9.68. The highest BCUT2D eigenvalue weighted by Gasteiger charge is 2.02. The first-order valence-electron chi connectivity index (χ1n) is 4.95. The molecule has 0 bridgehead atoms. The molecule has 0 spiro atoms. The van der Waals surface area contributed by atoms with Gasteiger partial charge in [0.05, 0.1) is 5.69 Å². The summed E-state index contributed by atoms with van der Waals surface area (Å²) in [5, 5.41) is 7.59. The van der Waals surface area contributed by atoms with Gasteiger partial charge in [-0.15, -0.1) is 0 Å². The van der Waals surface area contributed by atoms with Crippen LogP contribution in [0.15, 0.2) is 6.20 Å². The number of aryl methyl sites for hydroxylation is 2. The Labute approximate surface area is 80.1 Å². The normalized spacial score (nSPS) is 10.7. The SMILES string of the molecule is CCCn1cc(CCNC)c(C)n1. The summed E-state index contributed by atoms with van der Waals surface area (Å²) >= 11 is 0. The lowest BCUT2D eigenvalue weighted by Crippen LogP contribution is -2.10. The van der Waals surface area contributed by atoms with Gasteiger partial charge < -0.3 is 5.32 Å². The van der Waals surface area contributed by atoms with Crippen molar-refractivity contribution in [3.05, 3.63) is 17.5 Å². The minimum Gasteiger partial charge on any atom is -0.319 e. The first-order chi connectivity index (χ1) is 6.27. The standard InChI is InChI=1S/C10H19N3/c1-4-7-13-8-10(5-6-11-3)9(2)12-13/h8,11H,4-7H2,1-3H3. The molecule has 13 heavy (non-hydrogen) atoms. The molecule has 0 aromatic carbocycles. The van der Waals surface area contributed by atoms with E-state index in [0.717, 1.165) is 25.9 Å². The molecule has 0 aliphatic rings. The smallest absolute Gasteiger partial charge is 0.0626 e. The van der Waals surface area contributed by atoms with E-state index in [1.54, 1.807) is 0 Å². The maximum Gasteiger partial charge on any atom is 0.0626 e. The molecule has 0 aliphatic heterocycles. The van der Waals surface area contributed by atoms with Crippen LogP contribution in [0.25, 0.3) is 0 Å². The molecule has 1 heterocycles. The van der Waals surface area contributed by atoms with E-state index in [1.165, 1.54) is 11.3 Å². The monoisotopic (exact) mass is 181 g/mol. The number of hydrogen-bond donors (Lipinski definition) is 1. The molecule has 1 rings (SSSR count). The summed E-state index contributed by atoms with van der Waals surface area (Å²) in [5.41, 5.74) is 2.53. The van der Waals surface area contributed by atoms with Gasteiger partial charge in [-0.2, -0.15) is 5.10 Å². The van der Waals surface area contributed by atoms with Crippen LogP contribution in [0.3, 0.4) is 0 Å². The average Bonchev–Trinajstić information content (AvgIpc) is 2.44. The number of rotatable bonds is 5. The van der Waals surface area contributed by atoms with Gasteiger partial charge in [-0.3, -0.25) is 4.68 Å². The number of aromatic nitrogens is 2. The summed E-state index contributed by atoms with van der Waals surface area (Å²) in [5.74, 6) is 0.